The van der Waals surface area contributed by atoms with Gasteiger partial charge in [-0.3, -0.25) is 4.79 Å². The minimum Gasteiger partial charge on any atom is -0.458 e. The van der Waals surface area contributed by atoms with Crippen LogP contribution in [-0.2, 0) is 16.0 Å². The van der Waals surface area contributed by atoms with Crippen LogP contribution in [0.5, 0.6) is 0 Å². The van der Waals surface area contributed by atoms with E-state index in [0.717, 1.165) is 44.9 Å². The minimum absolute atomic E-state index is 0.00205. The van der Waals surface area contributed by atoms with Gasteiger partial charge in [0.25, 0.3) is 0 Å². The Morgan fingerprint density at radius 1 is 1.04 bits per heavy atom. The second-order valence-electron chi connectivity index (χ2n) is 10.5. The Morgan fingerprint density at radius 3 is 2.63 bits per heavy atom. The second-order valence-corrected chi connectivity index (χ2v) is 10.5. The third-order valence-corrected chi connectivity index (χ3v) is 8.97. The van der Waals surface area contributed by atoms with Gasteiger partial charge in [-0.15, -0.1) is 0 Å². The van der Waals surface area contributed by atoms with Crippen LogP contribution in [0.25, 0.3) is 0 Å². The van der Waals surface area contributed by atoms with E-state index in [2.05, 4.69) is 6.92 Å². The van der Waals surface area contributed by atoms with Crippen molar-refractivity contribution in [3.8, 4) is 0 Å². The molecule has 1 aromatic carbocycles. The van der Waals surface area contributed by atoms with Crippen molar-refractivity contribution < 1.29 is 13.9 Å². The first kappa shape index (κ1) is 17.7. The maximum absolute atomic E-state index is 13.7. The Balaban J connectivity index is 1.47. The average Bonchev–Trinajstić information content (AvgIpc) is 2.91. The van der Waals surface area contributed by atoms with Crippen LogP contribution >= 0.6 is 0 Å². The van der Waals surface area contributed by atoms with Gasteiger partial charge in [-0.1, -0.05) is 13.0 Å². The van der Waals surface area contributed by atoms with Crippen LogP contribution < -0.4 is 0 Å². The lowest BCUT2D eigenvalue weighted by Crippen LogP contribution is -2.56. The lowest BCUT2D eigenvalue weighted by atomic mass is 9.52. The summed E-state index contributed by atoms with van der Waals surface area (Å²) in [6, 6.07) is 5.43. The van der Waals surface area contributed by atoms with Crippen molar-refractivity contribution in [3.05, 3.63) is 35.1 Å². The third kappa shape index (κ3) is 2.32. The van der Waals surface area contributed by atoms with Gasteiger partial charge in [-0.25, -0.2) is 4.39 Å². The monoisotopic (exact) mass is 370 g/mol. The molecule has 0 radical (unpaired) electrons. The first-order chi connectivity index (χ1) is 12.8. The summed E-state index contributed by atoms with van der Waals surface area (Å²) in [6.45, 7) is 6.45. The molecule has 5 rings (SSSR count). The lowest BCUT2D eigenvalue weighted by Gasteiger charge is -2.56. The number of halogens is 1. The van der Waals surface area contributed by atoms with E-state index in [1.54, 1.807) is 12.1 Å². The molecule has 0 N–H and O–H groups in total. The fourth-order valence-corrected chi connectivity index (χ4v) is 7.20. The molecule has 2 saturated carbocycles. The molecule has 3 fully saturated rings. The summed E-state index contributed by atoms with van der Waals surface area (Å²) in [6.07, 6.45) is 8.53. The molecule has 0 aromatic heterocycles. The summed E-state index contributed by atoms with van der Waals surface area (Å²) < 4.78 is 20.0. The number of benzene rings is 1. The van der Waals surface area contributed by atoms with Crippen molar-refractivity contribution in [1.82, 2.24) is 0 Å². The second kappa shape index (κ2) is 5.58. The largest absolute Gasteiger partial charge is 0.458 e. The van der Waals surface area contributed by atoms with Crippen LogP contribution in [0.3, 0.4) is 0 Å². The van der Waals surface area contributed by atoms with Crippen molar-refractivity contribution in [2.75, 3.05) is 0 Å². The van der Waals surface area contributed by atoms with E-state index in [4.69, 9.17) is 4.74 Å². The van der Waals surface area contributed by atoms with Crippen molar-refractivity contribution in [1.29, 1.82) is 0 Å². The molecule has 4 unspecified atom stereocenters. The predicted molar refractivity (Wildman–Crippen MR) is 103 cm³/mol. The topological polar surface area (TPSA) is 26.3 Å². The molecule has 27 heavy (non-hydrogen) atoms. The molecule has 4 aliphatic rings. The molecular formula is C24H31FO2. The Morgan fingerprint density at radius 2 is 1.85 bits per heavy atom. The van der Waals surface area contributed by atoms with Crippen molar-refractivity contribution >= 4 is 5.97 Å². The molecule has 3 aliphatic carbocycles. The zero-order valence-corrected chi connectivity index (χ0v) is 16.8. The fraction of sp³-hybridized carbons (Fsp3) is 0.708. The van der Waals surface area contributed by atoms with Gasteiger partial charge < -0.3 is 4.74 Å². The SMILES string of the molecule is CC1(C)CCC2(CCC3C4CCc5cc(F)ccc5C4CC[C@@]32C)OC1=O. The van der Waals surface area contributed by atoms with E-state index in [1.165, 1.54) is 17.5 Å². The highest BCUT2D eigenvalue weighted by atomic mass is 19.1. The molecule has 0 amide bonds. The molecule has 146 valence electrons. The van der Waals surface area contributed by atoms with Gasteiger partial charge in [0.1, 0.15) is 11.4 Å². The number of esters is 1. The molecule has 1 heterocycles. The van der Waals surface area contributed by atoms with Gasteiger partial charge in [-0.05, 0) is 106 Å². The van der Waals surface area contributed by atoms with Crippen LogP contribution in [-0.4, -0.2) is 11.6 Å². The van der Waals surface area contributed by atoms with E-state index < -0.39 is 0 Å². The minimum atomic E-state index is -0.343. The summed E-state index contributed by atoms with van der Waals surface area (Å²) >= 11 is 0. The molecule has 0 bridgehead atoms. The summed E-state index contributed by atoms with van der Waals surface area (Å²) in [5.74, 6) is 1.71. The molecule has 3 heteroatoms. The van der Waals surface area contributed by atoms with E-state index >= 15 is 0 Å². The van der Waals surface area contributed by atoms with Crippen LogP contribution in [0, 0.1) is 28.5 Å². The fourth-order valence-electron chi connectivity index (χ4n) is 7.20. The summed E-state index contributed by atoms with van der Waals surface area (Å²) in [7, 11) is 0. The number of rotatable bonds is 0. The molecule has 1 aromatic rings. The Kier molecular flexibility index (Phi) is 3.66. The normalized spacial score (nSPS) is 42.2. The van der Waals surface area contributed by atoms with Crippen LogP contribution in [0.15, 0.2) is 18.2 Å². The quantitative estimate of drug-likeness (QED) is 0.541. The number of carbonyl (C=O) groups is 1. The van der Waals surface area contributed by atoms with Gasteiger partial charge >= 0.3 is 5.97 Å². The van der Waals surface area contributed by atoms with Gasteiger partial charge in [-0.2, -0.15) is 0 Å². The van der Waals surface area contributed by atoms with Crippen LogP contribution in [0.4, 0.5) is 4.39 Å². The summed E-state index contributed by atoms with van der Waals surface area (Å²) in [4.78, 5) is 12.7. The van der Waals surface area contributed by atoms with Crippen molar-refractivity contribution in [2.45, 2.75) is 83.7 Å². The van der Waals surface area contributed by atoms with Crippen LogP contribution in [0.1, 0.15) is 82.8 Å². The molecule has 1 saturated heterocycles. The zero-order valence-electron chi connectivity index (χ0n) is 16.8. The smallest absolute Gasteiger partial charge is 0.312 e. The Hall–Kier alpha value is -1.38. The van der Waals surface area contributed by atoms with Gasteiger partial charge in [0.05, 0.1) is 5.41 Å². The van der Waals surface area contributed by atoms with Gasteiger partial charge in [0.2, 0.25) is 0 Å². The molecular weight excluding hydrogens is 339 g/mol. The Bertz CT molecular complexity index is 800. The first-order valence-corrected chi connectivity index (χ1v) is 10.8. The number of hydrogen-bond acceptors (Lipinski definition) is 2. The first-order valence-electron chi connectivity index (χ1n) is 10.8. The molecule has 1 aliphatic heterocycles. The van der Waals surface area contributed by atoms with Gasteiger partial charge in [0.15, 0.2) is 0 Å². The highest BCUT2D eigenvalue weighted by Crippen LogP contribution is 2.67. The van der Waals surface area contributed by atoms with E-state index in [0.29, 0.717) is 17.8 Å². The van der Waals surface area contributed by atoms with E-state index in [-0.39, 0.29) is 28.2 Å². The number of fused-ring (bicyclic) bond motifs is 6. The number of carbonyl (C=O) groups excluding carboxylic acids is 1. The molecule has 1 spiro atoms. The van der Waals surface area contributed by atoms with E-state index in [9.17, 15) is 9.18 Å². The maximum Gasteiger partial charge on any atom is 0.312 e. The van der Waals surface area contributed by atoms with E-state index in [1.807, 2.05) is 19.9 Å². The van der Waals surface area contributed by atoms with Crippen molar-refractivity contribution in [3.63, 3.8) is 0 Å². The summed E-state index contributed by atoms with van der Waals surface area (Å²) in [5.41, 5.74) is 2.11. The molecule has 2 nitrogen and oxygen atoms in total. The average molecular weight is 371 g/mol. The summed E-state index contributed by atoms with van der Waals surface area (Å²) in [5, 5.41) is 0. The zero-order chi connectivity index (χ0) is 19.0. The van der Waals surface area contributed by atoms with Gasteiger partial charge in [0, 0.05) is 5.41 Å². The highest BCUT2D eigenvalue weighted by Gasteiger charge is 2.65. The molecule has 5 atom stereocenters. The number of aryl methyl sites for hydroxylation is 1. The maximum atomic E-state index is 13.7. The number of ether oxygens (including phenoxy) is 1. The Labute approximate surface area is 161 Å². The standard InChI is InChI=1S/C24H31FO2/c1-22(2)12-13-24(27-21(22)26)11-9-20-19-6-4-15-14-16(25)5-7-17(15)18(19)8-10-23(20,24)3/h5,7,14,18-20H,4,6,8-13H2,1-3H3/t18?,19?,20?,23-,24?/m0/s1. The number of hydrogen-bond donors (Lipinski definition) is 0. The highest BCUT2D eigenvalue weighted by molar-refractivity contribution is 5.77. The third-order valence-electron chi connectivity index (χ3n) is 8.97. The predicted octanol–water partition coefficient (Wildman–Crippen LogP) is 5.78. The van der Waals surface area contributed by atoms with Crippen LogP contribution in [0.2, 0.25) is 0 Å². The van der Waals surface area contributed by atoms with Crippen molar-refractivity contribution in [2.24, 2.45) is 22.7 Å². The lowest BCUT2D eigenvalue weighted by molar-refractivity contribution is -0.206.